The number of benzene rings is 8. The van der Waals surface area contributed by atoms with Crippen LogP contribution in [0.5, 0.6) is 23.0 Å². The zero-order chi connectivity index (χ0) is 38.6. The topological polar surface area (TPSA) is 83.2 Å². The van der Waals surface area contributed by atoms with Crippen molar-refractivity contribution in [2.75, 3.05) is 5.73 Å². The highest BCUT2D eigenvalue weighted by Crippen LogP contribution is 2.60. The van der Waals surface area contributed by atoms with E-state index in [4.69, 9.17) is 30.2 Å². The minimum Gasteiger partial charge on any atom is -0.449 e. The quantitative estimate of drug-likeness (QED) is 0.171. The monoisotopic (exact) mass is 746 g/mol. The lowest BCUT2D eigenvalue weighted by molar-refractivity contribution is 0.360. The van der Waals surface area contributed by atoms with Gasteiger partial charge in [-0.2, -0.15) is 0 Å². The number of para-hydroxylation sites is 1. The summed E-state index contributed by atoms with van der Waals surface area (Å²) in [7, 11) is 0. The first-order valence-electron chi connectivity index (χ1n) is 19.3. The number of hydrogen-bond donors (Lipinski definition) is 1. The molecule has 2 heterocycles. The Kier molecular flexibility index (Phi) is 7.76. The minimum atomic E-state index is -0.583. The lowest BCUT2D eigenvalue weighted by atomic mass is 9.67. The van der Waals surface area contributed by atoms with Crippen LogP contribution in [0.3, 0.4) is 0 Å². The van der Waals surface area contributed by atoms with Crippen LogP contribution in [0.2, 0.25) is 0 Å². The van der Waals surface area contributed by atoms with E-state index in [1.807, 2.05) is 84.9 Å². The summed E-state index contributed by atoms with van der Waals surface area (Å²) in [5.41, 5.74) is 17.7. The average Bonchev–Trinajstić information content (AvgIpc) is 3.58. The van der Waals surface area contributed by atoms with Gasteiger partial charge in [-0.25, -0.2) is 15.0 Å². The molecule has 58 heavy (non-hydrogen) atoms. The Balaban J connectivity index is 1.07. The standard InChI is InChI=1S/C52H34N4O2/c53-39-24-13-18-35(30-39)34-17-12-19-36(29-34)50-54-49(33-15-4-1-5-16-33)55-51(56-50)41-26-14-28-45-48(41)58-47-32-44-42(31-46(47)57-45)40-25-10-11-27-43(40)52(44,37-20-6-2-7-21-37)38-22-8-3-9-23-38/h1-32H,53H2. The largest absolute Gasteiger partial charge is 0.449 e. The first kappa shape index (κ1) is 33.5. The summed E-state index contributed by atoms with van der Waals surface area (Å²) in [6, 6.07) is 66.3. The van der Waals surface area contributed by atoms with E-state index in [9.17, 15) is 0 Å². The maximum absolute atomic E-state index is 6.99. The summed E-state index contributed by atoms with van der Waals surface area (Å²) in [5.74, 6) is 3.95. The molecule has 0 saturated heterocycles. The number of rotatable bonds is 6. The summed E-state index contributed by atoms with van der Waals surface area (Å²) in [6.07, 6.45) is 0. The van der Waals surface area contributed by atoms with Gasteiger partial charge in [-0.05, 0) is 87.0 Å². The van der Waals surface area contributed by atoms with Crippen LogP contribution in [0.1, 0.15) is 22.3 Å². The molecule has 11 rings (SSSR count). The number of nitrogen functional groups attached to an aromatic ring is 1. The predicted molar refractivity (Wildman–Crippen MR) is 230 cm³/mol. The Labute approximate surface area is 335 Å². The molecule has 0 unspecified atom stereocenters. The van der Waals surface area contributed by atoms with E-state index < -0.39 is 5.41 Å². The molecule has 0 amide bonds. The number of nitrogens with two attached hydrogens (primary N) is 1. The van der Waals surface area contributed by atoms with Crippen LogP contribution < -0.4 is 15.2 Å². The van der Waals surface area contributed by atoms with E-state index in [0.29, 0.717) is 51.7 Å². The van der Waals surface area contributed by atoms with Gasteiger partial charge in [0.05, 0.1) is 11.0 Å². The molecule has 2 N–H and O–H groups in total. The molecule has 1 aliphatic carbocycles. The summed E-state index contributed by atoms with van der Waals surface area (Å²) < 4.78 is 13.8. The van der Waals surface area contributed by atoms with Gasteiger partial charge >= 0.3 is 0 Å². The van der Waals surface area contributed by atoms with Crippen LogP contribution in [0.4, 0.5) is 5.69 Å². The van der Waals surface area contributed by atoms with E-state index in [2.05, 4.69) is 109 Å². The molecule has 0 spiro atoms. The first-order chi connectivity index (χ1) is 28.6. The highest BCUT2D eigenvalue weighted by atomic mass is 16.6. The lowest BCUT2D eigenvalue weighted by Gasteiger charge is -2.34. The van der Waals surface area contributed by atoms with Crippen LogP contribution in [-0.4, -0.2) is 15.0 Å². The smallest absolute Gasteiger partial charge is 0.181 e. The summed E-state index contributed by atoms with van der Waals surface area (Å²) in [5, 5.41) is 0. The van der Waals surface area contributed by atoms with E-state index >= 15 is 0 Å². The zero-order valence-electron chi connectivity index (χ0n) is 31.2. The van der Waals surface area contributed by atoms with Crippen LogP contribution in [0.15, 0.2) is 194 Å². The molecule has 274 valence electrons. The molecular formula is C52H34N4O2. The van der Waals surface area contributed by atoms with Crippen LogP contribution >= 0.6 is 0 Å². The number of anilines is 1. The van der Waals surface area contributed by atoms with Crippen molar-refractivity contribution >= 4 is 5.69 Å². The van der Waals surface area contributed by atoms with Gasteiger partial charge < -0.3 is 15.2 Å². The van der Waals surface area contributed by atoms with Crippen LogP contribution in [0.25, 0.3) is 56.4 Å². The number of hydrogen-bond acceptors (Lipinski definition) is 6. The fraction of sp³-hybridized carbons (Fsp3) is 0.0192. The molecule has 1 aromatic heterocycles. The van der Waals surface area contributed by atoms with E-state index in [-0.39, 0.29) is 0 Å². The second-order valence-corrected chi connectivity index (χ2v) is 14.6. The SMILES string of the molecule is Nc1cccc(-c2cccc(-c3nc(-c4ccccc4)nc(-c4cccc5c4Oc4cc6c(cc4O5)-c4ccccc4C6(c4ccccc4)c4ccccc4)n3)c2)c1. The third-order valence-electron chi connectivity index (χ3n) is 11.2. The Hall–Kier alpha value is -7.83. The Morgan fingerprint density at radius 2 is 0.914 bits per heavy atom. The number of fused-ring (bicyclic) bond motifs is 5. The second kappa shape index (κ2) is 13.4. The summed E-state index contributed by atoms with van der Waals surface area (Å²) in [4.78, 5) is 15.2. The van der Waals surface area contributed by atoms with Crippen LogP contribution in [0, 0.1) is 0 Å². The van der Waals surface area contributed by atoms with Crippen molar-refractivity contribution in [3.05, 3.63) is 216 Å². The highest BCUT2D eigenvalue weighted by molar-refractivity contribution is 5.89. The summed E-state index contributed by atoms with van der Waals surface area (Å²) >= 11 is 0. The van der Waals surface area contributed by atoms with Crippen molar-refractivity contribution in [2.45, 2.75) is 5.41 Å². The van der Waals surface area contributed by atoms with Gasteiger partial charge in [-0.1, -0.05) is 152 Å². The molecule has 0 saturated carbocycles. The zero-order valence-corrected chi connectivity index (χ0v) is 31.2. The Morgan fingerprint density at radius 1 is 0.362 bits per heavy atom. The highest BCUT2D eigenvalue weighted by Gasteiger charge is 2.47. The molecule has 1 aliphatic heterocycles. The molecule has 8 aromatic carbocycles. The molecule has 0 fully saturated rings. The molecule has 0 bridgehead atoms. The molecule has 0 atom stereocenters. The normalized spacial score (nSPS) is 13.0. The first-order valence-corrected chi connectivity index (χ1v) is 19.3. The van der Waals surface area contributed by atoms with Gasteiger partial charge in [0.25, 0.3) is 0 Å². The van der Waals surface area contributed by atoms with Crippen molar-refractivity contribution in [2.24, 2.45) is 0 Å². The van der Waals surface area contributed by atoms with Gasteiger partial charge in [0.1, 0.15) is 0 Å². The van der Waals surface area contributed by atoms with Crippen molar-refractivity contribution in [1.82, 2.24) is 15.0 Å². The van der Waals surface area contributed by atoms with Gasteiger partial charge in [0.2, 0.25) is 0 Å². The third kappa shape index (κ3) is 5.38. The van der Waals surface area contributed by atoms with Gasteiger partial charge in [-0.15, -0.1) is 0 Å². The van der Waals surface area contributed by atoms with Crippen molar-refractivity contribution < 1.29 is 9.47 Å². The van der Waals surface area contributed by atoms with Crippen molar-refractivity contribution in [3.63, 3.8) is 0 Å². The molecule has 0 radical (unpaired) electrons. The maximum atomic E-state index is 6.99. The Morgan fingerprint density at radius 3 is 1.66 bits per heavy atom. The predicted octanol–water partition coefficient (Wildman–Crippen LogP) is 12.4. The molecule has 2 aliphatic rings. The molecule has 9 aromatic rings. The summed E-state index contributed by atoms with van der Waals surface area (Å²) in [6.45, 7) is 0. The lowest BCUT2D eigenvalue weighted by Crippen LogP contribution is -2.28. The van der Waals surface area contributed by atoms with E-state index in [1.165, 1.54) is 22.3 Å². The van der Waals surface area contributed by atoms with E-state index in [0.717, 1.165) is 33.4 Å². The molecule has 6 nitrogen and oxygen atoms in total. The van der Waals surface area contributed by atoms with Crippen molar-refractivity contribution in [3.8, 4) is 79.4 Å². The number of ether oxygens (including phenoxy) is 2. The minimum absolute atomic E-state index is 0.471. The van der Waals surface area contributed by atoms with Crippen LogP contribution in [-0.2, 0) is 5.41 Å². The Bertz CT molecular complexity index is 2980. The third-order valence-corrected chi connectivity index (χ3v) is 11.2. The second-order valence-electron chi connectivity index (χ2n) is 14.6. The van der Waals surface area contributed by atoms with Gasteiger partial charge in [0, 0.05) is 16.8 Å². The van der Waals surface area contributed by atoms with E-state index in [1.54, 1.807) is 0 Å². The number of nitrogens with zero attached hydrogens (tertiary/aromatic N) is 3. The van der Waals surface area contributed by atoms with Gasteiger partial charge in [0.15, 0.2) is 40.5 Å². The fourth-order valence-corrected chi connectivity index (χ4v) is 8.61. The molecular weight excluding hydrogens is 713 g/mol. The molecule has 6 heteroatoms. The van der Waals surface area contributed by atoms with Crippen molar-refractivity contribution in [1.29, 1.82) is 0 Å². The number of aromatic nitrogens is 3. The fourth-order valence-electron chi connectivity index (χ4n) is 8.61. The maximum Gasteiger partial charge on any atom is 0.181 e. The van der Waals surface area contributed by atoms with Gasteiger partial charge in [-0.3, -0.25) is 0 Å². The average molecular weight is 747 g/mol.